The van der Waals surface area contributed by atoms with Gasteiger partial charge in [0.05, 0.1) is 0 Å². The molecule has 0 amide bonds. The van der Waals surface area contributed by atoms with Crippen molar-refractivity contribution in [3.05, 3.63) is 11.7 Å². The molecule has 0 radical (unpaired) electrons. The summed E-state index contributed by atoms with van der Waals surface area (Å²) in [6.07, 6.45) is 5.28. The molecule has 0 spiro atoms. The first kappa shape index (κ1) is 13.1. The number of rotatable bonds is 2. The largest absolute Gasteiger partial charge is 0.379 e. The van der Waals surface area contributed by atoms with Crippen LogP contribution in [-0.4, -0.2) is 28.3 Å². The molecule has 2 N–H and O–H groups in total. The van der Waals surface area contributed by atoms with Crippen molar-refractivity contribution < 1.29 is 9.63 Å². The maximum atomic E-state index is 10.4. The molecule has 1 aromatic rings. The zero-order chi connectivity index (χ0) is 13.5. The van der Waals surface area contributed by atoms with Gasteiger partial charge in [0.1, 0.15) is 0 Å². The van der Waals surface area contributed by atoms with Crippen molar-refractivity contribution in [1.82, 2.24) is 15.5 Å². The molecule has 19 heavy (non-hydrogen) atoms. The standard InChI is InChI=1S/C14H23N3O2/c1-13(2)5-3-10(4-6-13)11-16-12(19-17-11)14(18)7-8-15-9-14/h10,15,18H,3-9H2,1-2H3. The SMILES string of the molecule is CC1(C)CCC(c2noc(C3(O)CCNC3)n2)CC1. The average Bonchev–Trinajstić information content (AvgIpc) is 2.98. The summed E-state index contributed by atoms with van der Waals surface area (Å²) in [5.41, 5.74) is -0.518. The molecular weight excluding hydrogens is 242 g/mol. The van der Waals surface area contributed by atoms with Gasteiger partial charge in [-0.15, -0.1) is 0 Å². The number of aromatic nitrogens is 2. The van der Waals surface area contributed by atoms with Crippen LogP contribution in [0.4, 0.5) is 0 Å². The summed E-state index contributed by atoms with van der Waals surface area (Å²) in [6, 6.07) is 0. The van der Waals surface area contributed by atoms with Crippen LogP contribution < -0.4 is 5.32 Å². The van der Waals surface area contributed by atoms with E-state index >= 15 is 0 Å². The first-order chi connectivity index (χ1) is 8.99. The summed E-state index contributed by atoms with van der Waals surface area (Å²) in [5, 5.41) is 17.6. The van der Waals surface area contributed by atoms with E-state index in [4.69, 9.17) is 4.52 Å². The summed E-state index contributed by atoms with van der Waals surface area (Å²) < 4.78 is 5.31. The van der Waals surface area contributed by atoms with Gasteiger partial charge in [-0.25, -0.2) is 0 Å². The van der Waals surface area contributed by atoms with Gasteiger partial charge >= 0.3 is 0 Å². The van der Waals surface area contributed by atoms with Crippen molar-refractivity contribution in [3.8, 4) is 0 Å². The summed E-state index contributed by atoms with van der Waals surface area (Å²) in [7, 11) is 0. The second kappa shape index (κ2) is 4.56. The molecule has 2 fully saturated rings. The van der Waals surface area contributed by atoms with E-state index in [1.165, 1.54) is 12.8 Å². The van der Waals surface area contributed by atoms with E-state index in [-0.39, 0.29) is 0 Å². The molecule has 1 saturated carbocycles. The second-order valence-corrected chi connectivity index (χ2v) is 6.85. The van der Waals surface area contributed by atoms with Crippen LogP contribution in [0.2, 0.25) is 0 Å². The van der Waals surface area contributed by atoms with E-state index < -0.39 is 5.60 Å². The molecule has 2 heterocycles. The number of β-amino-alcohol motifs (C(OH)–C–C–N with tert-alkyl or cyclic N) is 1. The normalized spacial score (nSPS) is 31.7. The highest BCUT2D eigenvalue weighted by Crippen LogP contribution is 2.42. The van der Waals surface area contributed by atoms with Crippen LogP contribution in [0.5, 0.6) is 0 Å². The van der Waals surface area contributed by atoms with Crippen LogP contribution in [-0.2, 0) is 5.60 Å². The summed E-state index contributed by atoms with van der Waals surface area (Å²) >= 11 is 0. The van der Waals surface area contributed by atoms with Gasteiger partial charge in [0, 0.05) is 12.5 Å². The first-order valence-electron chi connectivity index (χ1n) is 7.26. The van der Waals surface area contributed by atoms with E-state index in [9.17, 15) is 5.11 Å². The van der Waals surface area contributed by atoms with Gasteiger partial charge in [0.2, 0.25) is 0 Å². The zero-order valence-corrected chi connectivity index (χ0v) is 11.8. The van der Waals surface area contributed by atoms with E-state index in [0.29, 0.717) is 30.2 Å². The Labute approximate surface area is 113 Å². The van der Waals surface area contributed by atoms with Gasteiger partial charge in [-0.2, -0.15) is 4.98 Å². The second-order valence-electron chi connectivity index (χ2n) is 6.85. The molecule has 106 valence electrons. The lowest BCUT2D eigenvalue weighted by molar-refractivity contribution is 0.0243. The number of hydrogen-bond donors (Lipinski definition) is 2. The summed E-state index contributed by atoms with van der Waals surface area (Å²) in [5.74, 6) is 1.56. The van der Waals surface area contributed by atoms with Gasteiger partial charge in [-0.3, -0.25) is 0 Å². The molecule has 0 aromatic carbocycles. The maximum Gasteiger partial charge on any atom is 0.259 e. The molecule has 1 aliphatic heterocycles. The molecule has 0 bridgehead atoms. The van der Waals surface area contributed by atoms with Crippen molar-refractivity contribution >= 4 is 0 Å². The minimum atomic E-state index is -0.959. The molecule has 3 rings (SSSR count). The van der Waals surface area contributed by atoms with Crippen LogP contribution >= 0.6 is 0 Å². The molecule has 1 aromatic heterocycles. The highest BCUT2D eigenvalue weighted by molar-refractivity contribution is 5.06. The molecule has 1 atom stereocenters. The van der Waals surface area contributed by atoms with Gasteiger partial charge in [-0.1, -0.05) is 19.0 Å². The quantitative estimate of drug-likeness (QED) is 0.855. The molecule has 5 heteroatoms. The Morgan fingerprint density at radius 3 is 2.63 bits per heavy atom. The Hall–Kier alpha value is -0.940. The Morgan fingerprint density at radius 2 is 2.00 bits per heavy atom. The smallest absolute Gasteiger partial charge is 0.259 e. The van der Waals surface area contributed by atoms with Gasteiger partial charge in [0.25, 0.3) is 5.89 Å². The van der Waals surface area contributed by atoms with Gasteiger partial charge in [0.15, 0.2) is 11.4 Å². The van der Waals surface area contributed by atoms with Crippen LogP contribution in [0.3, 0.4) is 0 Å². The Kier molecular flexibility index (Phi) is 3.14. The number of nitrogens with one attached hydrogen (secondary N) is 1. The lowest BCUT2D eigenvalue weighted by Gasteiger charge is -2.32. The molecule has 2 aliphatic rings. The minimum absolute atomic E-state index is 0.386. The van der Waals surface area contributed by atoms with Crippen molar-refractivity contribution in [1.29, 1.82) is 0 Å². The molecule has 1 unspecified atom stereocenters. The van der Waals surface area contributed by atoms with Gasteiger partial charge < -0.3 is 14.9 Å². The van der Waals surface area contributed by atoms with Crippen LogP contribution in [0.25, 0.3) is 0 Å². The third kappa shape index (κ3) is 2.54. The van der Waals surface area contributed by atoms with Crippen molar-refractivity contribution in [2.75, 3.05) is 13.1 Å². The van der Waals surface area contributed by atoms with E-state index in [1.807, 2.05) is 0 Å². The highest BCUT2D eigenvalue weighted by atomic mass is 16.5. The third-order valence-electron chi connectivity index (χ3n) is 4.68. The minimum Gasteiger partial charge on any atom is -0.379 e. The number of hydrogen-bond acceptors (Lipinski definition) is 5. The fourth-order valence-corrected chi connectivity index (χ4v) is 3.11. The van der Waals surface area contributed by atoms with Crippen molar-refractivity contribution in [2.45, 2.75) is 57.5 Å². The first-order valence-corrected chi connectivity index (χ1v) is 7.26. The Balaban J connectivity index is 1.72. The Bertz CT molecular complexity index is 439. The molecule has 1 saturated heterocycles. The molecular formula is C14H23N3O2. The topological polar surface area (TPSA) is 71.2 Å². The van der Waals surface area contributed by atoms with E-state index in [0.717, 1.165) is 25.2 Å². The third-order valence-corrected chi connectivity index (χ3v) is 4.68. The van der Waals surface area contributed by atoms with Crippen LogP contribution in [0, 0.1) is 5.41 Å². The molecule has 1 aliphatic carbocycles. The van der Waals surface area contributed by atoms with Crippen molar-refractivity contribution in [3.63, 3.8) is 0 Å². The fourth-order valence-electron chi connectivity index (χ4n) is 3.11. The monoisotopic (exact) mass is 265 g/mol. The summed E-state index contributed by atoms with van der Waals surface area (Å²) in [6.45, 7) is 5.94. The van der Waals surface area contributed by atoms with E-state index in [2.05, 4.69) is 29.3 Å². The summed E-state index contributed by atoms with van der Waals surface area (Å²) in [4.78, 5) is 4.47. The average molecular weight is 265 g/mol. The van der Waals surface area contributed by atoms with Crippen molar-refractivity contribution in [2.24, 2.45) is 5.41 Å². The maximum absolute atomic E-state index is 10.4. The van der Waals surface area contributed by atoms with Gasteiger partial charge in [-0.05, 0) is 44.1 Å². The fraction of sp³-hybridized carbons (Fsp3) is 0.857. The number of nitrogens with zero attached hydrogens (tertiary/aromatic N) is 2. The highest BCUT2D eigenvalue weighted by Gasteiger charge is 2.39. The van der Waals surface area contributed by atoms with E-state index in [1.54, 1.807) is 0 Å². The molecule has 5 nitrogen and oxygen atoms in total. The predicted octanol–water partition coefficient (Wildman–Crippen LogP) is 1.93. The zero-order valence-electron chi connectivity index (χ0n) is 11.8. The van der Waals surface area contributed by atoms with Crippen LogP contribution in [0.15, 0.2) is 4.52 Å². The lowest BCUT2D eigenvalue weighted by Crippen LogP contribution is -2.28. The Morgan fingerprint density at radius 1 is 1.26 bits per heavy atom. The lowest BCUT2D eigenvalue weighted by atomic mass is 9.73. The predicted molar refractivity (Wildman–Crippen MR) is 70.7 cm³/mol. The number of aliphatic hydroxyl groups is 1. The van der Waals surface area contributed by atoms with Crippen LogP contribution in [0.1, 0.15) is 63.6 Å².